The molecule has 2 rings (SSSR count). The van der Waals surface area contributed by atoms with Crippen LogP contribution in [0.25, 0.3) is 0 Å². The minimum absolute atomic E-state index is 0.156. The van der Waals surface area contributed by atoms with Gasteiger partial charge in [-0.2, -0.15) is 0 Å². The van der Waals surface area contributed by atoms with Gasteiger partial charge in [0.05, 0.1) is 6.42 Å². The molecule has 0 aliphatic carbocycles. The number of carbonyl (C=O) groups is 1. The molecule has 1 aromatic rings. The second-order valence-electron chi connectivity index (χ2n) is 4.87. The summed E-state index contributed by atoms with van der Waals surface area (Å²) >= 11 is 0. The van der Waals surface area contributed by atoms with E-state index in [4.69, 9.17) is 0 Å². The van der Waals surface area contributed by atoms with Crippen LogP contribution in [0.1, 0.15) is 25.3 Å². The highest BCUT2D eigenvalue weighted by atomic mass is 19.1. The minimum atomic E-state index is -0.256. The number of halogens is 1. The summed E-state index contributed by atoms with van der Waals surface area (Å²) in [6, 6.07) is 6.17. The Morgan fingerprint density at radius 2 is 1.88 bits per heavy atom. The Balaban J connectivity index is 1.90. The Labute approximate surface area is 101 Å². The summed E-state index contributed by atoms with van der Waals surface area (Å²) in [4.78, 5) is 13.9. The van der Waals surface area contributed by atoms with Gasteiger partial charge in [0.15, 0.2) is 0 Å². The summed E-state index contributed by atoms with van der Waals surface area (Å²) in [5, 5.41) is 0. The molecular formula is C14H18FNO. The fourth-order valence-corrected chi connectivity index (χ4v) is 2.15. The SMILES string of the molecule is CC1CCN(C(=O)Cc2ccc(F)cc2)CC1. The summed E-state index contributed by atoms with van der Waals surface area (Å²) in [6.45, 7) is 3.95. The van der Waals surface area contributed by atoms with Crippen molar-refractivity contribution in [2.24, 2.45) is 5.92 Å². The zero-order valence-corrected chi connectivity index (χ0v) is 10.2. The molecule has 0 N–H and O–H groups in total. The molecule has 0 bridgehead atoms. The van der Waals surface area contributed by atoms with Gasteiger partial charge in [-0.05, 0) is 36.5 Å². The van der Waals surface area contributed by atoms with E-state index in [0.717, 1.165) is 37.4 Å². The number of amides is 1. The summed E-state index contributed by atoms with van der Waals surface area (Å²) in [5.74, 6) is 0.626. The van der Waals surface area contributed by atoms with E-state index < -0.39 is 0 Å². The lowest BCUT2D eigenvalue weighted by atomic mass is 9.98. The van der Waals surface area contributed by atoms with Crippen molar-refractivity contribution < 1.29 is 9.18 Å². The number of benzene rings is 1. The van der Waals surface area contributed by atoms with Gasteiger partial charge in [0, 0.05) is 13.1 Å². The van der Waals surface area contributed by atoms with Crippen molar-refractivity contribution in [3.05, 3.63) is 35.6 Å². The lowest BCUT2D eigenvalue weighted by Gasteiger charge is -2.30. The van der Waals surface area contributed by atoms with E-state index in [0.29, 0.717) is 6.42 Å². The molecule has 1 saturated heterocycles. The van der Waals surface area contributed by atoms with Crippen molar-refractivity contribution >= 4 is 5.91 Å². The largest absolute Gasteiger partial charge is 0.342 e. The number of nitrogens with zero attached hydrogens (tertiary/aromatic N) is 1. The van der Waals surface area contributed by atoms with E-state index in [9.17, 15) is 9.18 Å². The highest BCUT2D eigenvalue weighted by Crippen LogP contribution is 2.17. The van der Waals surface area contributed by atoms with Crippen LogP contribution in [0.3, 0.4) is 0 Å². The fourth-order valence-electron chi connectivity index (χ4n) is 2.15. The lowest BCUT2D eigenvalue weighted by molar-refractivity contribution is -0.131. The summed E-state index contributed by atoms with van der Waals surface area (Å²) in [5.41, 5.74) is 0.884. The highest BCUT2D eigenvalue weighted by Gasteiger charge is 2.20. The first-order valence-electron chi connectivity index (χ1n) is 6.17. The van der Waals surface area contributed by atoms with Crippen LogP contribution < -0.4 is 0 Å². The van der Waals surface area contributed by atoms with Crippen LogP contribution in [0.2, 0.25) is 0 Å². The number of likely N-dealkylation sites (tertiary alicyclic amines) is 1. The molecule has 0 radical (unpaired) electrons. The molecular weight excluding hydrogens is 217 g/mol. The van der Waals surface area contributed by atoms with Gasteiger partial charge in [0.25, 0.3) is 0 Å². The van der Waals surface area contributed by atoms with Crippen LogP contribution >= 0.6 is 0 Å². The standard InChI is InChI=1S/C14H18FNO/c1-11-6-8-16(9-7-11)14(17)10-12-2-4-13(15)5-3-12/h2-5,11H,6-10H2,1H3. The second-order valence-corrected chi connectivity index (χ2v) is 4.87. The van der Waals surface area contributed by atoms with Crippen LogP contribution in [0.4, 0.5) is 4.39 Å². The van der Waals surface area contributed by atoms with Gasteiger partial charge in [-0.25, -0.2) is 4.39 Å². The highest BCUT2D eigenvalue weighted by molar-refractivity contribution is 5.78. The molecule has 1 fully saturated rings. The zero-order valence-electron chi connectivity index (χ0n) is 10.2. The molecule has 1 aromatic carbocycles. The quantitative estimate of drug-likeness (QED) is 0.771. The summed E-state index contributed by atoms with van der Waals surface area (Å²) in [6.07, 6.45) is 2.57. The van der Waals surface area contributed by atoms with Crippen LogP contribution in [0, 0.1) is 11.7 Å². The number of carbonyl (C=O) groups excluding carboxylic acids is 1. The Morgan fingerprint density at radius 1 is 1.29 bits per heavy atom. The van der Waals surface area contributed by atoms with Gasteiger partial charge in [-0.1, -0.05) is 19.1 Å². The maximum absolute atomic E-state index is 12.7. The van der Waals surface area contributed by atoms with Gasteiger partial charge in [-0.15, -0.1) is 0 Å². The molecule has 1 aliphatic heterocycles. The van der Waals surface area contributed by atoms with E-state index in [2.05, 4.69) is 6.92 Å². The van der Waals surface area contributed by atoms with E-state index in [1.807, 2.05) is 4.90 Å². The average molecular weight is 235 g/mol. The van der Waals surface area contributed by atoms with Crippen molar-refractivity contribution in [1.29, 1.82) is 0 Å². The van der Waals surface area contributed by atoms with Crippen molar-refractivity contribution in [2.45, 2.75) is 26.2 Å². The normalized spacial score (nSPS) is 17.2. The van der Waals surface area contributed by atoms with E-state index >= 15 is 0 Å². The van der Waals surface area contributed by atoms with Crippen LogP contribution in [-0.2, 0) is 11.2 Å². The van der Waals surface area contributed by atoms with Gasteiger partial charge in [-0.3, -0.25) is 4.79 Å². The average Bonchev–Trinajstić information content (AvgIpc) is 2.33. The summed E-state index contributed by atoms with van der Waals surface area (Å²) in [7, 11) is 0. The van der Waals surface area contributed by atoms with Crippen molar-refractivity contribution in [3.8, 4) is 0 Å². The molecule has 3 heteroatoms. The monoisotopic (exact) mass is 235 g/mol. The predicted octanol–water partition coefficient (Wildman–Crippen LogP) is 2.63. The molecule has 92 valence electrons. The smallest absolute Gasteiger partial charge is 0.226 e. The van der Waals surface area contributed by atoms with Crippen molar-refractivity contribution in [2.75, 3.05) is 13.1 Å². The van der Waals surface area contributed by atoms with Gasteiger partial charge in [0.1, 0.15) is 5.82 Å². The first kappa shape index (κ1) is 12.1. The molecule has 1 amide bonds. The molecule has 0 aromatic heterocycles. The van der Waals surface area contributed by atoms with Crippen LogP contribution in [0.15, 0.2) is 24.3 Å². The molecule has 0 saturated carbocycles. The molecule has 1 heterocycles. The topological polar surface area (TPSA) is 20.3 Å². The van der Waals surface area contributed by atoms with E-state index in [1.165, 1.54) is 12.1 Å². The van der Waals surface area contributed by atoms with Crippen LogP contribution in [0.5, 0.6) is 0 Å². The third-order valence-electron chi connectivity index (χ3n) is 3.40. The Morgan fingerprint density at radius 3 is 2.47 bits per heavy atom. The first-order valence-corrected chi connectivity index (χ1v) is 6.17. The fraction of sp³-hybridized carbons (Fsp3) is 0.500. The molecule has 2 nitrogen and oxygen atoms in total. The predicted molar refractivity (Wildman–Crippen MR) is 65.1 cm³/mol. The van der Waals surface area contributed by atoms with E-state index in [-0.39, 0.29) is 11.7 Å². The van der Waals surface area contributed by atoms with Gasteiger partial charge in [0.2, 0.25) is 5.91 Å². The lowest BCUT2D eigenvalue weighted by Crippen LogP contribution is -2.38. The van der Waals surface area contributed by atoms with Crippen molar-refractivity contribution in [1.82, 2.24) is 4.90 Å². The molecule has 17 heavy (non-hydrogen) atoms. The molecule has 0 atom stereocenters. The Hall–Kier alpha value is -1.38. The van der Waals surface area contributed by atoms with Crippen molar-refractivity contribution in [3.63, 3.8) is 0 Å². The number of hydrogen-bond donors (Lipinski definition) is 0. The number of hydrogen-bond acceptors (Lipinski definition) is 1. The third kappa shape index (κ3) is 3.29. The van der Waals surface area contributed by atoms with E-state index in [1.54, 1.807) is 12.1 Å². The maximum atomic E-state index is 12.7. The molecule has 1 aliphatic rings. The zero-order chi connectivity index (χ0) is 12.3. The Kier molecular flexibility index (Phi) is 3.77. The summed E-state index contributed by atoms with van der Waals surface area (Å²) < 4.78 is 12.7. The maximum Gasteiger partial charge on any atom is 0.226 e. The number of rotatable bonds is 2. The van der Waals surface area contributed by atoms with Gasteiger partial charge < -0.3 is 4.90 Å². The first-order chi connectivity index (χ1) is 8.15. The van der Waals surface area contributed by atoms with Crippen LogP contribution in [-0.4, -0.2) is 23.9 Å². The third-order valence-corrected chi connectivity index (χ3v) is 3.40. The Bertz CT molecular complexity index is 380. The molecule has 0 unspecified atom stereocenters. The second kappa shape index (κ2) is 5.30. The number of piperidine rings is 1. The minimum Gasteiger partial charge on any atom is -0.342 e. The molecule has 0 spiro atoms. The van der Waals surface area contributed by atoms with Gasteiger partial charge >= 0.3 is 0 Å².